The molecule has 1 fully saturated rings. The van der Waals surface area contributed by atoms with E-state index in [2.05, 4.69) is 25.8 Å². The summed E-state index contributed by atoms with van der Waals surface area (Å²) in [6.45, 7) is 2.16. The van der Waals surface area contributed by atoms with E-state index in [0.29, 0.717) is 10.0 Å². The summed E-state index contributed by atoms with van der Waals surface area (Å²) in [5, 5.41) is 21.0. The second-order valence-electron chi connectivity index (χ2n) is 5.94. The Labute approximate surface area is 154 Å². The molecule has 2 aromatic carbocycles. The zero-order chi connectivity index (χ0) is 17.8. The highest BCUT2D eigenvalue weighted by Crippen LogP contribution is 2.33. The number of phenols is 1. The molecule has 1 aliphatic heterocycles. The average molecular weight is 404 g/mol. The van der Waals surface area contributed by atoms with Crippen molar-refractivity contribution in [2.24, 2.45) is 4.99 Å². The van der Waals surface area contributed by atoms with E-state index in [1.807, 2.05) is 24.3 Å². The molecule has 2 aromatic rings. The van der Waals surface area contributed by atoms with Crippen LogP contribution in [0.3, 0.4) is 0 Å². The summed E-state index contributed by atoms with van der Waals surface area (Å²) in [7, 11) is 0. The number of rotatable bonds is 4. The van der Waals surface area contributed by atoms with Gasteiger partial charge in [-0.15, -0.1) is 0 Å². The number of nitro benzene ring substituents is 1. The van der Waals surface area contributed by atoms with Crippen LogP contribution in [-0.2, 0) is 0 Å². The molecule has 1 heterocycles. The summed E-state index contributed by atoms with van der Waals surface area (Å²) < 4.78 is 0.513. The Morgan fingerprint density at radius 3 is 2.48 bits per heavy atom. The van der Waals surface area contributed by atoms with Gasteiger partial charge in [0.15, 0.2) is 0 Å². The molecule has 1 saturated heterocycles. The maximum Gasteiger partial charge on any atom is 0.312 e. The van der Waals surface area contributed by atoms with Crippen LogP contribution < -0.4 is 4.90 Å². The van der Waals surface area contributed by atoms with Crippen LogP contribution in [0.15, 0.2) is 45.9 Å². The molecule has 3 rings (SSSR count). The molecule has 7 heteroatoms. The van der Waals surface area contributed by atoms with E-state index in [0.717, 1.165) is 18.8 Å². The summed E-state index contributed by atoms with van der Waals surface area (Å²) in [6, 6.07) is 10.7. The zero-order valence-electron chi connectivity index (χ0n) is 13.6. The van der Waals surface area contributed by atoms with Crippen molar-refractivity contribution in [3.63, 3.8) is 0 Å². The summed E-state index contributed by atoms with van der Waals surface area (Å²) in [4.78, 5) is 17.0. The molecule has 0 amide bonds. The number of aromatic hydroxyl groups is 1. The van der Waals surface area contributed by atoms with Gasteiger partial charge >= 0.3 is 5.69 Å². The molecule has 0 saturated carbocycles. The fraction of sp³-hybridized carbons (Fsp3) is 0.278. The van der Waals surface area contributed by atoms with Crippen molar-refractivity contribution in [1.29, 1.82) is 0 Å². The quantitative estimate of drug-likeness (QED) is 0.451. The first-order valence-corrected chi connectivity index (χ1v) is 8.90. The lowest BCUT2D eigenvalue weighted by atomic mass is 10.1. The normalized spacial score (nSPS) is 14.8. The lowest BCUT2D eigenvalue weighted by molar-refractivity contribution is -0.385. The highest BCUT2D eigenvalue weighted by molar-refractivity contribution is 9.10. The van der Waals surface area contributed by atoms with Gasteiger partial charge in [0.25, 0.3) is 0 Å². The molecule has 1 aliphatic rings. The molecule has 0 bridgehead atoms. The summed E-state index contributed by atoms with van der Waals surface area (Å²) in [5.74, 6) is -0.387. The summed E-state index contributed by atoms with van der Waals surface area (Å²) in [5.41, 5.74) is 1.85. The highest BCUT2D eigenvalue weighted by atomic mass is 79.9. The number of hydrogen-bond donors (Lipinski definition) is 1. The zero-order valence-corrected chi connectivity index (χ0v) is 15.1. The third-order valence-corrected chi connectivity index (χ3v) is 4.66. The lowest BCUT2D eigenvalue weighted by Crippen LogP contribution is -2.29. The van der Waals surface area contributed by atoms with Crippen molar-refractivity contribution in [3.8, 4) is 5.75 Å². The first kappa shape index (κ1) is 17.4. The van der Waals surface area contributed by atoms with Gasteiger partial charge in [0.2, 0.25) is 5.75 Å². The molecule has 0 spiro atoms. The first-order chi connectivity index (χ1) is 12.0. The van der Waals surface area contributed by atoms with E-state index in [1.165, 1.54) is 37.2 Å². The van der Waals surface area contributed by atoms with Crippen molar-refractivity contribution in [1.82, 2.24) is 0 Å². The Morgan fingerprint density at radius 1 is 1.16 bits per heavy atom. The van der Waals surface area contributed by atoms with Crippen molar-refractivity contribution < 1.29 is 10.0 Å². The largest absolute Gasteiger partial charge is 0.502 e. The van der Waals surface area contributed by atoms with Crippen LogP contribution in [0.2, 0.25) is 0 Å². The van der Waals surface area contributed by atoms with E-state index >= 15 is 0 Å². The van der Waals surface area contributed by atoms with Gasteiger partial charge in [0.05, 0.1) is 10.6 Å². The van der Waals surface area contributed by atoms with Gasteiger partial charge in [0, 0.05) is 41.1 Å². The van der Waals surface area contributed by atoms with Crippen LogP contribution >= 0.6 is 15.9 Å². The molecule has 25 heavy (non-hydrogen) atoms. The predicted molar refractivity (Wildman–Crippen MR) is 102 cm³/mol. The lowest BCUT2D eigenvalue weighted by Gasteiger charge is -2.28. The Hall–Kier alpha value is -2.41. The fourth-order valence-electron chi connectivity index (χ4n) is 2.89. The monoisotopic (exact) mass is 403 g/mol. The minimum absolute atomic E-state index is 0.293. The van der Waals surface area contributed by atoms with Crippen LogP contribution in [0.5, 0.6) is 5.75 Å². The third kappa shape index (κ3) is 4.17. The molecule has 0 radical (unpaired) electrons. The highest BCUT2D eigenvalue weighted by Gasteiger charge is 2.17. The summed E-state index contributed by atoms with van der Waals surface area (Å²) >= 11 is 3.21. The number of hydrogen-bond acceptors (Lipinski definition) is 5. The SMILES string of the molecule is O=[N+]([O-])c1cc(Br)cc(C=Nc2ccc(N3CCCCC3)cc2)c1O. The van der Waals surface area contributed by atoms with Crippen molar-refractivity contribution in [2.45, 2.75) is 19.3 Å². The van der Waals surface area contributed by atoms with E-state index in [4.69, 9.17) is 0 Å². The van der Waals surface area contributed by atoms with Crippen LogP contribution in [0.25, 0.3) is 0 Å². The Morgan fingerprint density at radius 2 is 1.84 bits per heavy atom. The van der Waals surface area contributed by atoms with E-state index in [9.17, 15) is 15.2 Å². The van der Waals surface area contributed by atoms with Gasteiger partial charge in [0.1, 0.15) is 0 Å². The number of phenolic OH excluding ortho intramolecular Hbond substituents is 1. The summed E-state index contributed by atoms with van der Waals surface area (Å²) in [6.07, 6.45) is 5.17. The molecule has 0 unspecified atom stereocenters. The van der Waals surface area contributed by atoms with Gasteiger partial charge in [-0.1, -0.05) is 15.9 Å². The van der Waals surface area contributed by atoms with Crippen LogP contribution in [0, 0.1) is 10.1 Å². The van der Waals surface area contributed by atoms with Gasteiger partial charge in [-0.05, 0) is 49.6 Å². The average Bonchev–Trinajstić information content (AvgIpc) is 2.63. The second-order valence-corrected chi connectivity index (χ2v) is 6.86. The number of piperidine rings is 1. The van der Waals surface area contributed by atoms with Crippen LogP contribution in [0.1, 0.15) is 24.8 Å². The number of nitrogens with zero attached hydrogens (tertiary/aromatic N) is 3. The number of halogens is 1. The molecule has 0 aromatic heterocycles. The Balaban J connectivity index is 1.79. The number of anilines is 1. The van der Waals surface area contributed by atoms with Gasteiger partial charge in [-0.2, -0.15) is 0 Å². The third-order valence-electron chi connectivity index (χ3n) is 4.20. The molecular formula is C18H18BrN3O3. The Bertz CT molecular complexity index is 800. The maximum atomic E-state index is 11.0. The maximum absolute atomic E-state index is 11.0. The standard InChI is InChI=1S/C18H18BrN3O3/c19-14-10-13(18(23)17(11-14)22(24)25)12-20-15-4-6-16(7-5-15)21-8-2-1-3-9-21/h4-7,10-12,23H,1-3,8-9H2. The molecule has 6 nitrogen and oxygen atoms in total. The Kier molecular flexibility index (Phi) is 5.33. The topological polar surface area (TPSA) is 79.0 Å². The number of nitro groups is 1. The van der Waals surface area contributed by atoms with Crippen molar-refractivity contribution >= 4 is 39.2 Å². The van der Waals surface area contributed by atoms with Crippen LogP contribution in [0.4, 0.5) is 17.1 Å². The molecule has 0 aliphatic carbocycles. The minimum Gasteiger partial charge on any atom is -0.502 e. The molecular weight excluding hydrogens is 386 g/mol. The second kappa shape index (κ2) is 7.65. The molecule has 1 N–H and O–H groups in total. The predicted octanol–water partition coefficient (Wildman–Crippen LogP) is 4.80. The smallest absolute Gasteiger partial charge is 0.312 e. The van der Waals surface area contributed by atoms with Crippen molar-refractivity contribution in [3.05, 3.63) is 56.5 Å². The number of aliphatic imine (C=N–C) groups is 1. The van der Waals surface area contributed by atoms with Gasteiger partial charge in [-0.3, -0.25) is 15.1 Å². The van der Waals surface area contributed by atoms with E-state index in [1.54, 1.807) is 6.07 Å². The van der Waals surface area contributed by atoms with E-state index in [-0.39, 0.29) is 11.4 Å². The first-order valence-electron chi connectivity index (χ1n) is 8.10. The molecule has 0 atom stereocenters. The van der Waals surface area contributed by atoms with E-state index < -0.39 is 4.92 Å². The number of benzene rings is 2. The minimum atomic E-state index is -0.620. The van der Waals surface area contributed by atoms with Gasteiger partial charge < -0.3 is 10.0 Å². The molecule has 130 valence electrons. The van der Waals surface area contributed by atoms with Crippen molar-refractivity contribution in [2.75, 3.05) is 18.0 Å². The van der Waals surface area contributed by atoms with Crippen LogP contribution in [-0.4, -0.2) is 29.3 Å². The van der Waals surface area contributed by atoms with Gasteiger partial charge in [-0.25, -0.2) is 0 Å². The fourth-order valence-corrected chi connectivity index (χ4v) is 3.35.